The molecular formula is C14H13N2O3. The van der Waals surface area contributed by atoms with E-state index in [9.17, 15) is 10.1 Å². The quantitative estimate of drug-likeness (QED) is 0.507. The normalized spacial score (nSPS) is 10.1. The van der Waals surface area contributed by atoms with E-state index in [1.165, 1.54) is 18.2 Å². The van der Waals surface area contributed by atoms with Crippen molar-refractivity contribution in [3.05, 3.63) is 70.8 Å². The Morgan fingerprint density at radius 1 is 1.21 bits per heavy atom. The van der Waals surface area contributed by atoms with Gasteiger partial charge in [-0.05, 0) is 11.6 Å². The molecular weight excluding hydrogens is 244 g/mol. The van der Waals surface area contributed by atoms with Gasteiger partial charge >= 0.3 is 0 Å². The molecule has 0 aliphatic carbocycles. The molecule has 2 rings (SSSR count). The van der Waals surface area contributed by atoms with Gasteiger partial charge in [0.2, 0.25) is 0 Å². The molecule has 0 aliphatic rings. The number of benzene rings is 2. The highest BCUT2D eigenvalue weighted by Gasteiger charge is 2.11. The maximum Gasteiger partial charge on any atom is 0.292 e. The highest BCUT2D eigenvalue weighted by Crippen LogP contribution is 2.26. The van der Waals surface area contributed by atoms with E-state index < -0.39 is 4.92 Å². The molecule has 0 bridgehead atoms. The monoisotopic (exact) mass is 257 g/mol. The first-order valence-electron chi connectivity index (χ1n) is 5.73. The Kier molecular flexibility index (Phi) is 3.97. The molecule has 0 aromatic heterocycles. The predicted octanol–water partition coefficient (Wildman–Crippen LogP) is 2.96. The number of nitro benzene ring substituents is 1. The first-order valence-corrected chi connectivity index (χ1v) is 5.73. The highest BCUT2D eigenvalue weighted by atomic mass is 16.6. The lowest BCUT2D eigenvalue weighted by molar-refractivity contribution is -0.383. The molecule has 2 aromatic rings. The third-order valence-electron chi connectivity index (χ3n) is 2.58. The van der Waals surface area contributed by atoms with E-state index in [2.05, 4.69) is 0 Å². The van der Waals surface area contributed by atoms with Crippen LogP contribution in [0.1, 0.15) is 5.56 Å². The van der Waals surface area contributed by atoms with Crippen LogP contribution in [0, 0.1) is 16.7 Å². The maximum atomic E-state index is 10.6. The molecule has 1 radical (unpaired) electrons. The van der Waals surface area contributed by atoms with Gasteiger partial charge in [0, 0.05) is 18.6 Å². The maximum absolute atomic E-state index is 10.6. The zero-order valence-corrected chi connectivity index (χ0v) is 10.2. The number of nitrogen functional groups attached to an aromatic ring is 1. The molecule has 0 fully saturated rings. The van der Waals surface area contributed by atoms with Crippen molar-refractivity contribution in [2.24, 2.45) is 0 Å². The van der Waals surface area contributed by atoms with Crippen molar-refractivity contribution in [2.75, 3.05) is 5.73 Å². The fraction of sp³-hybridized carbons (Fsp3) is 0.0714. The van der Waals surface area contributed by atoms with E-state index in [0.29, 0.717) is 12.2 Å². The number of nitro groups is 1. The largest absolute Gasteiger partial charge is 0.486 e. The van der Waals surface area contributed by atoms with Gasteiger partial charge in [-0.2, -0.15) is 0 Å². The van der Waals surface area contributed by atoms with Crippen molar-refractivity contribution < 1.29 is 9.66 Å². The molecule has 0 amide bonds. The molecule has 19 heavy (non-hydrogen) atoms. The third kappa shape index (κ3) is 3.45. The second-order valence-corrected chi connectivity index (χ2v) is 3.95. The van der Waals surface area contributed by atoms with Crippen molar-refractivity contribution >= 4 is 11.4 Å². The molecule has 5 heteroatoms. The SMILES string of the molecule is Nc1cc(O[CH]Cc2ccccc2)ccc1[N+](=O)[O-]. The third-order valence-corrected chi connectivity index (χ3v) is 2.58. The van der Waals surface area contributed by atoms with Gasteiger partial charge in [0.25, 0.3) is 5.69 Å². The van der Waals surface area contributed by atoms with E-state index >= 15 is 0 Å². The summed E-state index contributed by atoms with van der Waals surface area (Å²) in [6.45, 7) is 1.63. The molecule has 0 unspecified atom stereocenters. The summed E-state index contributed by atoms with van der Waals surface area (Å²) < 4.78 is 5.40. The Hall–Kier alpha value is -2.56. The number of ether oxygens (including phenoxy) is 1. The first kappa shape index (κ1) is 12.9. The average Bonchev–Trinajstić information content (AvgIpc) is 2.39. The Morgan fingerprint density at radius 3 is 2.58 bits per heavy atom. The van der Waals surface area contributed by atoms with Crippen LogP contribution in [0.4, 0.5) is 11.4 Å². The zero-order chi connectivity index (χ0) is 13.7. The average molecular weight is 257 g/mol. The van der Waals surface area contributed by atoms with Gasteiger partial charge in [-0.25, -0.2) is 0 Å². The summed E-state index contributed by atoms with van der Waals surface area (Å²) in [7, 11) is 0. The van der Waals surface area contributed by atoms with Crippen LogP contribution in [-0.4, -0.2) is 4.92 Å². The molecule has 0 heterocycles. The van der Waals surface area contributed by atoms with Gasteiger partial charge in [-0.3, -0.25) is 10.1 Å². The molecule has 0 atom stereocenters. The topological polar surface area (TPSA) is 78.4 Å². The molecule has 0 aliphatic heterocycles. The van der Waals surface area contributed by atoms with Crippen LogP contribution in [0.5, 0.6) is 5.75 Å². The van der Waals surface area contributed by atoms with Crippen LogP contribution in [0.25, 0.3) is 0 Å². The summed E-state index contributed by atoms with van der Waals surface area (Å²) in [5.74, 6) is 0.485. The predicted molar refractivity (Wildman–Crippen MR) is 72.6 cm³/mol. The highest BCUT2D eigenvalue weighted by molar-refractivity contribution is 5.60. The molecule has 0 saturated heterocycles. The number of nitrogens with zero attached hydrogens (tertiary/aromatic N) is 1. The van der Waals surface area contributed by atoms with Crippen molar-refractivity contribution in [3.8, 4) is 5.75 Å². The summed E-state index contributed by atoms with van der Waals surface area (Å²) in [6, 6.07) is 14.1. The van der Waals surface area contributed by atoms with E-state index in [0.717, 1.165) is 5.56 Å². The number of rotatable bonds is 5. The first-order chi connectivity index (χ1) is 9.16. The van der Waals surface area contributed by atoms with Gasteiger partial charge in [0.1, 0.15) is 18.0 Å². The molecule has 5 nitrogen and oxygen atoms in total. The number of hydrogen-bond acceptors (Lipinski definition) is 4. The van der Waals surface area contributed by atoms with E-state index in [1.807, 2.05) is 30.3 Å². The molecule has 2 N–H and O–H groups in total. The fourth-order valence-corrected chi connectivity index (χ4v) is 1.62. The summed E-state index contributed by atoms with van der Waals surface area (Å²) in [5, 5.41) is 10.6. The Balaban J connectivity index is 1.93. The van der Waals surface area contributed by atoms with E-state index in [1.54, 1.807) is 6.61 Å². The molecule has 0 saturated carbocycles. The minimum atomic E-state index is -0.521. The van der Waals surface area contributed by atoms with Gasteiger partial charge in [-0.1, -0.05) is 30.3 Å². The fourth-order valence-electron chi connectivity index (χ4n) is 1.62. The van der Waals surface area contributed by atoms with Crippen molar-refractivity contribution in [1.29, 1.82) is 0 Å². The van der Waals surface area contributed by atoms with Crippen LogP contribution in [0.3, 0.4) is 0 Å². The van der Waals surface area contributed by atoms with E-state index in [-0.39, 0.29) is 11.4 Å². The minimum absolute atomic E-state index is 0.0932. The van der Waals surface area contributed by atoms with Crippen LogP contribution in [0.2, 0.25) is 0 Å². The van der Waals surface area contributed by atoms with Gasteiger partial charge in [-0.15, -0.1) is 0 Å². The molecule has 97 valence electrons. The molecule has 2 aromatic carbocycles. The Morgan fingerprint density at radius 2 is 1.95 bits per heavy atom. The summed E-state index contributed by atoms with van der Waals surface area (Å²) in [6.07, 6.45) is 0.651. The summed E-state index contributed by atoms with van der Waals surface area (Å²) in [5.41, 5.74) is 6.67. The number of nitrogens with two attached hydrogens (primary N) is 1. The lowest BCUT2D eigenvalue weighted by Crippen LogP contribution is -1.98. The summed E-state index contributed by atoms with van der Waals surface area (Å²) in [4.78, 5) is 10.1. The second kappa shape index (κ2) is 5.86. The van der Waals surface area contributed by atoms with Gasteiger partial charge in [0.15, 0.2) is 0 Å². The number of hydrogen-bond donors (Lipinski definition) is 1. The van der Waals surface area contributed by atoms with E-state index in [4.69, 9.17) is 10.5 Å². The van der Waals surface area contributed by atoms with Crippen molar-refractivity contribution in [1.82, 2.24) is 0 Å². The number of anilines is 1. The van der Waals surface area contributed by atoms with Crippen molar-refractivity contribution in [2.45, 2.75) is 6.42 Å². The van der Waals surface area contributed by atoms with Crippen LogP contribution in [0.15, 0.2) is 48.5 Å². The second-order valence-electron chi connectivity index (χ2n) is 3.95. The Labute approximate surface area is 110 Å². The molecule has 0 spiro atoms. The van der Waals surface area contributed by atoms with Gasteiger partial charge in [0.05, 0.1) is 4.92 Å². The van der Waals surface area contributed by atoms with Crippen molar-refractivity contribution in [3.63, 3.8) is 0 Å². The van der Waals surface area contributed by atoms with Crippen LogP contribution in [-0.2, 0) is 6.42 Å². The summed E-state index contributed by atoms with van der Waals surface area (Å²) >= 11 is 0. The standard InChI is InChI=1S/C14H13N2O3/c15-13-10-12(6-7-14(13)16(17)18)19-9-8-11-4-2-1-3-5-11/h1-7,9-10H,8,15H2. The lowest BCUT2D eigenvalue weighted by Gasteiger charge is -2.06. The van der Waals surface area contributed by atoms with Crippen LogP contribution < -0.4 is 10.5 Å². The Bertz CT molecular complexity index is 570. The zero-order valence-electron chi connectivity index (χ0n) is 10.2. The smallest absolute Gasteiger partial charge is 0.292 e. The minimum Gasteiger partial charge on any atom is -0.486 e. The van der Waals surface area contributed by atoms with Crippen LogP contribution >= 0.6 is 0 Å². The lowest BCUT2D eigenvalue weighted by atomic mass is 10.2. The van der Waals surface area contributed by atoms with Gasteiger partial charge < -0.3 is 10.5 Å².